The summed E-state index contributed by atoms with van der Waals surface area (Å²) < 4.78 is 5.18. The monoisotopic (exact) mass is 340 g/mol. The second kappa shape index (κ2) is 9.78. The molecule has 0 bridgehead atoms. The lowest BCUT2D eigenvalue weighted by Gasteiger charge is -2.33. The number of benzene rings is 1. The fraction of sp³-hybridized carbons (Fsp3) is 0.611. The van der Waals surface area contributed by atoms with E-state index in [0.717, 1.165) is 31.8 Å². The first-order valence-corrected chi connectivity index (χ1v) is 8.20. The fourth-order valence-corrected chi connectivity index (χ4v) is 3.19. The van der Waals surface area contributed by atoms with Crippen LogP contribution in [0.4, 0.5) is 0 Å². The first-order valence-electron chi connectivity index (χ1n) is 8.20. The van der Waals surface area contributed by atoms with Gasteiger partial charge in [0.25, 0.3) is 0 Å². The summed E-state index contributed by atoms with van der Waals surface area (Å²) in [6.45, 7) is 4.93. The summed E-state index contributed by atoms with van der Waals surface area (Å²) in [5.74, 6) is 1.97. The Morgan fingerprint density at radius 3 is 2.70 bits per heavy atom. The van der Waals surface area contributed by atoms with E-state index in [-0.39, 0.29) is 24.2 Å². The van der Waals surface area contributed by atoms with Crippen LogP contribution in [0.5, 0.6) is 5.75 Å². The number of hydrogen-bond donors (Lipinski definition) is 1. The summed E-state index contributed by atoms with van der Waals surface area (Å²) in [6, 6.07) is 8.02. The fourth-order valence-electron chi connectivity index (χ4n) is 3.19. The molecular formula is C18H29ClN2O2. The van der Waals surface area contributed by atoms with Crippen LogP contribution in [0.2, 0.25) is 0 Å². The van der Waals surface area contributed by atoms with Crippen LogP contribution in [-0.2, 0) is 4.79 Å². The van der Waals surface area contributed by atoms with Crippen molar-refractivity contribution in [3.8, 4) is 5.75 Å². The van der Waals surface area contributed by atoms with Crippen molar-refractivity contribution in [3.63, 3.8) is 0 Å². The number of likely N-dealkylation sites (tertiary alicyclic amines) is 1. The maximum atomic E-state index is 12.5. The van der Waals surface area contributed by atoms with Gasteiger partial charge in [0.15, 0.2) is 0 Å². The quantitative estimate of drug-likeness (QED) is 0.865. The second-order valence-electron chi connectivity index (χ2n) is 6.28. The Bertz CT molecular complexity index is 476. The third-order valence-corrected chi connectivity index (χ3v) is 4.53. The Morgan fingerprint density at radius 2 is 2.09 bits per heavy atom. The first kappa shape index (κ1) is 19.8. The predicted molar refractivity (Wildman–Crippen MR) is 96.5 cm³/mol. The lowest BCUT2D eigenvalue weighted by molar-refractivity contribution is -0.133. The van der Waals surface area contributed by atoms with Crippen molar-refractivity contribution >= 4 is 18.3 Å². The molecule has 1 N–H and O–H groups in total. The Kier molecular flexibility index (Phi) is 8.42. The Balaban J connectivity index is 0.00000264. The molecule has 2 unspecified atom stereocenters. The second-order valence-corrected chi connectivity index (χ2v) is 6.28. The summed E-state index contributed by atoms with van der Waals surface area (Å²) in [7, 11) is 3.65. The highest BCUT2D eigenvalue weighted by molar-refractivity contribution is 5.85. The van der Waals surface area contributed by atoms with E-state index >= 15 is 0 Å². The van der Waals surface area contributed by atoms with Crippen LogP contribution in [0.3, 0.4) is 0 Å². The van der Waals surface area contributed by atoms with Gasteiger partial charge in [-0.25, -0.2) is 0 Å². The number of nitrogens with one attached hydrogen (secondary N) is 1. The van der Waals surface area contributed by atoms with Gasteiger partial charge in [0.1, 0.15) is 5.75 Å². The van der Waals surface area contributed by atoms with Gasteiger partial charge in [0, 0.05) is 19.5 Å². The highest BCUT2D eigenvalue weighted by Crippen LogP contribution is 2.24. The van der Waals surface area contributed by atoms with Gasteiger partial charge in [-0.05, 0) is 56.0 Å². The van der Waals surface area contributed by atoms with Gasteiger partial charge in [-0.15, -0.1) is 12.4 Å². The average Bonchev–Trinajstić information content (AvgIpc) is 2.55. The average molecular weight is 341 g/mol. The van der Waals surface area contributed by atoms with Crippen LogP contribution in [0.25, 0.3) is 0 Å². The maximum Gasteiger partial charge on any atom is 0.223 e. The number of carbonyl (C=O) groups is 1. The van der Waals surface area contributed by atoms with Crippen LogP contribution in [0.1, 0.15) is 37.7 Å². The molecule has 1 amide bonds. The molecule has 0 saturated carbocycles. The number of ether oxygens (including phenoxy) is 1. The van der Waals surface area contributed by atoms with Crippen molar-refractivity contribution in [2.24, 2.45) is 5.92 Å². The minimum atomic E-state index is 0. The highest BCUT2D eigenvalue weighted by Gasteiger charge is 2.24. The SMILES string of the molecule is CNCC1CCCN(C(=O)CC(C)c2ccc(OC)cc2)C1.Cl. The topological polar surface area (TPSA) is 41.6 Å². The Hall–Kier alpha value is -1.26. The number of amides is 1. The van der Waals surface area contributed by atoms with E-state index in [4.69, 9.17) is 4.74 Å². The molecule has 1 aliphatic rings. The molecule has 1 aromatic carbocycles. The van der Waals surface area contributed by atoms with Crippen molar-refractivity contribution in [2.45, 2.75) is 32.1 Å². The lowest BCUT2D eigenvalue weighted by Crippen LogP contribution is -2.42. The van der Waals surface area contributed by atoms with E-state index in [2.05, 4.69) is 24.4 Å². The molecule has 23 heavy (non-hydrogen) atoms. The van der Waals surface area contributed by atoms with Crippen molar-refractivity contribution in [2.75, 3.05) is 33.8 Å². The van der Waals surface area contributed by atoms with Crippen LogP contribution in [0, 0.1) is 5.92 Å². The zero-order chi connectivity index (χ0) is 15.9. The molecule has 4 nitrogen and oxygen atoms in total. The maximum absolute atomic E-state index is 12.5. The van der Waals surface area contributed by atoms with Gasteiger partial charge in [0.05, 0.1) is 7.11 Å². The number of methoxy groups -OCH3 is 1. The smallest absolute Gasteiger partial charge is 0.223 e. The van der Waals surface area contributed by atoms with Crippen LogP contribution < -0.4 is 10.1 Å². The number of carbonyl (C=O) groups excluding carboxylic acids is 1. The standard InChI is InChI=1S/C18H28N2O2.ClH/c1-14(16-6-8-17(22-3)9-7-16)11-18(21)20-10-4-5-15(13-20)12-19-2;/h6-9,14-15,19H,4-5,10-13H2,1-3H3;1H. The molecule has 1 saturated heterocycles. The normalized spacial score (nSPS) is 18.9. The molecule has 1 aromatic rings. The largest absolute Gasteiger partial charge is 0.497 e. The zero-order valence-corrected chi connectivity index (χ0v) is 15.2. The minimum absolute atomic E-state index is 0. The number of piperidine rings is 1. The number of rotatable bonds is 6. The highest BCUT2D eigenvalue weighted by atomic mass is 35.5. The molecule has 2 rings (SSSR count). The summed E-state index contributed by atoms with van der Waals surface area (Å²) in [5, 5.41) is 3.22. The van der Waals surface area contributed by atoms with Gasteiger partial charge < -0.3 is 15.0 Å². The van der Waals surface area contributed by atoms with Crippen molar-refractivity contribution in [1.29, 1.82) is 0 Å². The molecular weight excluding hydrogens is 312 g/mol. The van der Waals surface area contributed by atoms with E-state index in [0.29, 0.717) is 12.3 Å². The molecule has 130 valence electrons. The van der Waals surface area contributed by atoms with Crippen molar-refractivity contribution < 1.29 is 9.53 Å². The third-order valence-electron chi connectivity index (χ3n) is 4.53. The van der Waals surface area contributed by atoms with Crippen molar-refractivity contribution in [1.82, 2.24) is 10.2 Å². The molecule has 1 heterocycles. The van der Waals surface area contributed by atoms with E-state index < -0.39 is 0 Å². The molecule has 2 atom stereocenters. The van der Waals surface area contributed by atoms with Gasteiger partial charge >= 0.3 is 0 Å². The molecule has 0 spiro atoms. The molecule has 5 heteroatoms. The molecule has 0 aliphatic carbocycles. The van der Waals surface area contributed by atoms with Crippen LogP contribution in [-0.4, -0.2) is 44.6 Å². The molecule has 1 aliphatic heterocycles. The minimum Gasteiger partial charge on any atom is -0.497 e. The Morgan fingerprint density at radius 1 is 1.39 bits per heavy atom. The summed E-state index contributed by atoms with van der Waals surface area (Å²) in [4.78, 5) is 14.6. The molecule has 1 fully saturated rings. The van der Waals surface area contributed by atoms with E-state index in [1.165, 1.54) is 12.0 Å². The van der Waals surface area contributed by atoms with Gasteiger partial charge in [-0.3, -0.25) is 4.79 Å². The summed E-state index contributed by atoms with van der Waals surface area (Å²) in [5.41, 5.74) is 1.19. The summed E-state index contributed by atoms with van der Waals surface area (Å²) >= 11 is 0. The van der Waals surface area contributed by atoms with Gasteiger partial charge in [-0.1, -0.05) is 19.1 Å². The first-order chi connectivity index (χ1) is 10.6. The molecule has 0 radical (unpaired) electrons. The molecule has 0 aromatic heterocycles. The summed E-state index contributed by atoms with van der Waals surface area (Å²) in [6.07, 6.45) is 2.92. The third kappa shape index (κ3) is 5.70. The number of nitrogens with zero attached hydrogens (tertiary/aromatic N) is 1. The lowest BCUT2D eigenvalue weighted by atomic mass is 9.94. The zero-order valence-electron chi connectivity index (χ0n) is 14.4. The predicted octanol–water partition coefficient (Wildman–Crippen LogP) is 3.07. The van der Waals surface area contributed by atoms with Crippen LogP contribution in [0.15, 0.2) is 24.3 Å². The number of hydrogen-bond acceptors (Lipinski definition) is 3. The van der Waals surface area contributed by atoms with Gasteiger partial charge in [-0.2, -0.15) is 0 Å². The van der Waals surface area contributed by atoms with Gasteiger partial charge in [0.2, 0.25) is 5.91 Å². The van der Waals surface area contributed by atoms with Crippen LogP contribution >= 0.6 is 12.4 Å². The Labute approximate surface area is 146 Å². The van der Waals surface area contributed by atoms with Crippen molar-refractivity contribution in [3.05, 3.63) is 29.8 Å². The van der Waals surface area contributed by atoms with E-state index in [1.54, 1.807) is 7.11 Å². The van der Waals surface area contributed by atoms with E-state index in [9.17, 15) is 4.79 Å². The number of halogens is 1. The van der Waals surface area contributed by atoms with E-state index in [1.807, 2.05) is 24.1 Å².